The summed E-state index contributed by atoms with van der Waals surface area (Å²) in [6.07, 6.45) is 0.454. The van der Waals surface area contributed by atoms with Crippen LogP contribution in [0, 0.1) is 0 Å². The summed E-state index contributed by atoms with van der Waals surface area (Å²) in [5.74, 6) is -0.337. The minimum absolute atomic E-state index is 0.262. The van der Waals surface area contributed by atoms with Crippen molar-refractivity contribution in [1.82, 2.24) is 9.58 Å². The predicted octanol–water partition coefficient (Wildman–Crippen LogP) is 5.29. The van der Waals surface area contributed by atoms with Crippen molar-refractivity contribution in [2.24, 2.45) is 5.10 Å². The number of hydrogen-bond acceptors (Lipinski definition) is 5. The van der Waals surface area contributed by atoms with Crippen LogP contribution in [0.5, 0.6) is 5.75 Å². The molecule has 7 nitrogen and oxygen atoms in total. The average molecular weight is 496 g/mol. The van der Waals surface area contributed by atoms with E-state index in [2.05, 4.69) is 5.10 Å². The number of oxazole rings is 1. The second kappa shape index (κ2) is 9.00. The summed E-state index contributed by atoms with van der Waals surface area (Å²) in [5, 5.41) is 7.02. The number of fused-ring (bicyclic) bond motifs is 1. The van der Waals surface area contributed by atoms with Gasteiger partial charge in [-0.15, -0.1) is 0 Å². The monoisotopic (exact) mass is 495 g/mol. The smallest absolute Gasteiger partial charge is 0.420 e. The fraction of sp³-hybridized carbons (Fsp3) is 0.160. The lowest BCUT2D eigenvalue weighted by atomic mass is 9.98. The van der Waals surface area contributed by atoms with Crippen molar-refractivity contribution in [3.8, 4) is 5.75 Å². The molecule has 34 heavy (non-hydrogen) atoms. The lowest BCUT2D eigenvalue weighted by molar-refractivity contribution is -0.133. The Kier molecular flexibility index (Phi) is 5.89. The normalized spacial score (nSPS) is 15.6. The molecule has 1 aliphatic rings. The summed E-state index contributed by atoms with van der Waals surface area (Å²) >= 11 is 12.6. The van der Waals surface area contributed by atoms with Crippen molar-refractivity contribution in [3.63, 3.8) is 0 Å². The fourth-order valence-corrected chi connectivity index (χ4v) is 4.53. The van der Waals surface area contributed by atoms with Crippen LogP contribution in [0.4, 0.5) is 0 Å². The zero-order valence-corrected chi connectivity index (χ0v) is 19.6. The van der Waals surface area contributed by atoms with Crippen molar-refractivity contribution >= 4 is 45.9 Å². The van der Waals surface area contributed by atoms with Gasteiger partial charge in [0.15, 0.2) is 5.58 Å². The highest BCUT2D eigenvalue weighted by atomic mass is 35.5. The number of hydrazone groups is 1. The number of ether oxygens (including phenoxy) is 1. The quantitative estimate of drug-likeness (QED) is 0.377. The Morgan fingerprint density at radius 2 is 1.94 bits per heavy atom. The Morgan fingerprint density at radius 3 is 2.74 bits per heavy atom. The van der Waals surface area contributed by atoms with Crippen LogP contribution in [0.3, 0.4) is 0 Å². The molecule has 0 radical (unpaired) electrons. The van der Waals surface area contributed by atoms with Crippen LogP contribution in [-0.2, 0) is 11.3 Å². The van der Waals surface area contributed by atoms with E-state index in [9.17, 15) is 9.59 Å². The minimum atomic E-state index is -0.642. The number of methoxy groups -OCH3 is 1. The van der Waals surface area contributed by atoms with E-state index < -0.39 is 11.8 Å². The van der Waals surface area contributed by atoms with Gasteiger partial charge < -0.3 is 9.15 Å². The molecule has 0 saturated carbocycles. The molecule has 0 spiro atoms. The van der Waals surface area contributed by atoms with Crippen LogP contribution in [0.1, 0.15) is 23.6 Å². The van der Waals surface area contributed by atoms with E-state index in [1.54, 1.807) is 31.4 Å². The number of carbonyl (C=O) groups is 1. The highest BCUT2D eigenvalue weighted by molar-refractivity contribution is 6.31. The third kappa shape index (κ3) is 4.08. The summed E-state index contributed by atoms with van der Waals surface area (Å²) < 4.78 is 11.9. The zero-order valence-electron chi connectivity index (χ0n) is 18.1. The van der Waals surface area contributed by atoms with Crippen LogP contribution >= 0.6 is 23.2 Å². The van der Waals surface area contributed by atoms with E-state index in [1.165, 1.54) is 9.58 Å². The van der Waals surface area contributed by atoms with E-state index in [1.807, 2.05) is 42.5 Å². The molecule has 0 fully saturated rings. The van der Waals surface area contributed by atoms with Gasteiger partial charge in [-0.3, -0.25) is 9.36 Å². The summed E-state index contributed by atoms with van der Waals surface area (Å²) in [7, 11) is 1.59. The molecule has 4 aromatic rings. The van der Waals surface area contributed by atoms with Gasteiger partial charge in [0.05, 0.1) is 24.4 Å². The van der Waals surface area contributed by atoms with Crippen molar-refractivity contribution in [3.05, 3.63) is 98.5 Å². The maximum Gasteiger partial charge on any atom is 0.420 e. The average Bonchev–Trinajstić information content (AvgIpc) is 3.41. The van der Waals surface area contributed by atoms with E-state index in [4.69, 9.17) is 32.4 Å². The van der Waals surface area contributed by atoms with Gasteiger partial charge in [-0.05, 0) is 42.0 Å². The van der Waals surface area contributed by atoms with Crippen molar-refractivity contribution in [1.29, 1.82) is 0 Å². The Labute approximate surface area is 204 Å². The van der Waals surface area contributed by atoms with Crippen molar-refractivity contribution in [2.45, 2.75) is 19.0 Å². The molecule has 1 amide bonds. The van der Waals surface area contributed by atoms with Gasteiger partial charge in [-0.25, -0.2) is 9.80 Å². The van der Waals surface area contributed by atoms with E-state index in [0.29, 0.717) is 39.0 Å². The summed E-state index contributed by atoms with van der Waals surface area (Å²) in [6, 6.07) is 19.2. The molecule has 2 heterocycles. The number of rotatable bonds is 5. The highest BCUT2D eigenvalue weighted by Gasteiger charge is 2.34. The minimum Gasteiger partial charge on any atom is -0.497 e. The Bertz CT molecular complexity index is 1490. The molecule has 1 aliphatic heterocycles. The molecule has 1 aromatic heterocycles. The first-order valence-electron chi connectivity index (χ1n) is 10.5. The Morgan fingerprint density at radius 1 is 1.12 bits per heavy atom. The van der Waals surface area contributed by atoms with E-state index in [0.717, 1.165) is 11.1 Å². The molecular weight excluding hydrogens is 477 g/mol. The van der Waals surface area contributed by atoms with Crippen LogP contribution in [0.25, 0.3) is 11.1 Å². The van der Waals surface area contributed by atoms with Gasteiger partial charge in [0.1, 0.15) is 12.3 Å². The molecule has 0 bridgehead atoms. The number of amides is 1. The zero-order chi connectivity index (χ0) is 23.8. The maximum absolute atomic E-state index is 13.5. The lowest BCUT2D eigenvalue weighted by Gasteiger charge is -2.23. The molecule has 0 aliphatic carbocycles. The number of benzene rings is 3. The van der Waals surface area contributed by atoms with Crippen molar-refractivity contribution < 1.29 is 13.9 Å². The number of carbonyl (C=O) groups excluding carboxylic acids is 1. The van der Waals surface area contributed by atoms with E-state index in [-0.39, 0.29) is 12.5 Å². The first-order valence-corrected chi connectivity index (χ1v) is 11.3. The number of nitrogens with zero attached hydrogens (tertiary/aromatic N) is 3. The maximum atomic E-state index is 13.5. The summed E-state index contributed by atoms with van der Waals surface area (Å²) in [4.78, 5) is 26.0. The van der Waals surface area contributed by atoms with Gasteiger partial charge >= 0.3 is 5.76 Å². The van der Waals surface area contributed by atoms with Crippen LogP contribution in [-0.4, -0.2) is 28.3 Å². The molecule has 172 valence electrons. The molecule has 1 atom stereocenters. The molecule has 5 rings (SSSR count). The van der Waals surface area contributed by atoms with Gasteiger partial charge in [0, 0.05) is 22.0 Å². The second-order valence-electron chi connectivity index (χ2n) is 7.82. The first-order chi connectivity index (χ1) is 16.4. The number of halogens is 2. The Hall–Kier alpha value is -3.55. The van der Waals surface area contributed by atoms with Gasteiger partial charge in [0.2, 0.25) is 0 Å². The molecule has 9 heteroatoms. The molecule has 0 N–H and O–H groups in total. The van der Waals surface area contributed by atoms with Crippen LogP contribution < -0.4 is 10.5 Å². The van der Waals surface area contributed by atoms with Gasteiger partial charge in [-0.1, -0.05) is 53.5 Å². The fourth-order valence-electron chi connectivity index (χ4n) is 4.10. The SMILES string of the molecule is COc1cccc(C2=NN(C(=O)Cn3c(=O)oc4ccc(Cl)cc43)C(c3ccccc3Cl)C2)c1. The summed E-state index contributed by atoms with van der Waals surface area (Å²) in [5.41, 5.74) is 3.11. The number of hydrogen-bond donors (Lipinski definition) is 0. The first kappa shape index (κ1) is 22.3. The topological polar surface area (TPSA) is 77.0 Å². The van der Waals surface area contributed by atoms with Gasteiger partial charge in [0.25, 0.3) is 5.91 Å². The Balaban J connectivity index is 1.54. The third-order valence-electron chi connectivity index (χ3n) is 5.76. The molecule has 1 unspecified atom stereocenters. The lowest BCUT2D eigenvalue weighted by Crippen LogP contribution is -2.32. The third-order valence-corrected chi connectivity index (χ3v) is 6.34. The standard InChI is InChI=1S/C25H19Cl2N3O4/c1-33-17-6-4-5-15(11-17)20-13-21(18-7-2-3-8-19(18)27)30(28-20)24(31)14-29-22-12-16(26)9-10-23(22)34-25(29)32/h2-12,21H,13-14H2,1H3. The molecular formula is C25H19Cl2N3O4. The predicted molar refractivity (Wildman–Crippen MR) is 131 cm³/mol. The number of aromatic nitrogens is 1. The molecule has 0 saturated heterocycles. The molecule has 3 aromatic carbocycles. The van der Waals surface area contributed by atoms with Gasteiger partial charge in [-0.2, -0.15) is 5.10 Å². The van der Waals surface area contributed by atoms with Crippen LogP contribution in [0.2, 0.25) is 10.0 Å². The summed E-state index contributed by atoms with van der Waals surface area (Å²) in [6.45, 7) is -0.262. The highest BCUT2D eigenvalue weighted by Crippen LogP contribution is 2.37. The van der Waals surface area contributed by atoms with Crippen LogP contribution in [0.15, 0.2) is 81.0 Å². The largest absolute Gasteiger partial charge is 0.497 e. The second-order valence-corrected chi connectivity index (χ2v) is 8.67. The van der Waals surface area contributed by atoms with Crippen molar-refractivity contribution in [2.75, 3.05) is 7.11 Å². The van der Waals surface area contributed by atoms with E-state index >= 15 is 0 Å².